The van der Waals surface area contributed by atoms with E-state index >= 15 is 0 Å². The summed E-state index contributed by atoms with van der Waals surface area (Å²) >= 11 is 3.03. The Morgan fingerprint density at radius 1 is 1.25 bits per heavy atom. The van der Waals surface area contributed by atoms with Gasteiger partial charge in [-0.3, -0.25) is 4.79 Å². The number of likely N-dealkylation sites (N-methyl/N-ethyl adjacent to an activating group) is 1. The molecule has 0 aliphatic carbocycles. The Kier molecular flexibility index (Phi) is 5.86. The third-order valence-corrected chi connectivity index (χ3v) is 3.24. The molecule has 1 rings (SSSR count). The second kappa shape index (κ2) is 6.97. The second-order valence-electron chi connectivity index (χ2n) is 4.15. The maximum atomic E-state index is 12.7. The predicted molar refractivity (Wildman–Crippen MR) is 75.6 cm³/mol. The van der Waals surface area contributed by atoms with Crippen molar-refractivity contribution in [1.29, 1.82) is 0 Å². The number of rotatable bonds is 5. The van der Waals surface area contributed by atoms with Crippen LogP contribution in [0.3, 0.4) is 0 Å². The van der Waals surface area contributed by atoms with Crippen molar-refractivity contribution in [3.63, 3.8) is 0 Å². The third kappa shape index (κ3) is 4.70. The number of amides is 1. The van der Waals surface area contributed by atoms with E-state index in [0.29, 0.717) is 17.6 Å². The standard InChI is InChI=1S/C13H16BrF3N2O/c1-3-19(4-2)12(20)8-18-11-6-9(13(15,16)17)5-10(14)7-11/h5-7,18H,3-4,8H2,1-2H3. The number of nitrogens with zero attached hydrogens (tertiary/aromatic N) is 1. The Bertz CT molecular complexity index is 473. The van der Waals surface area contributed by atoms with Gasteiger partial charge in [-0.1, -0.05) is 15.9 Å². The molecule has 0 aliphatic rings. The fraction of sp³-hybridized carbons (Fsp3) is 0.462. The molecule has 112 valence electrons. The molecule has 0 aromatic heterocycles. The van der Waals surface area contributed by atoms with E-state index in [1.54, 1.807) is 4.90 Å². The monoisotopic (exact) mass is 352 g/mol. The van der Waals surface area contributed by atoms with Gasteiger partial charge in [0, 0.05) is 23.2 Å². The highest BCUT2D eigenvalue weighted by atomic mass is 79.9. The van der Waals surface area contributed by atoms with Crippen LogP contribution in [-0.4, -0.2) is 30.4 Å². The van der Waals surface area contributed by atoms with E-state index in [0.717, 1.165) is 12.1 Å². The first-order valence-corrected chi connectivity index (χ1v) is 6.96. The number of nitrogens with one attached hydrogen (secondary N) is 1. The zero-order valence-electron chi connectivity index (χ0n) is 11.2. The summed E-state index contributed by atoms with van der Waals surface area (Å²) in [6, 6.07) is 3.49. The highest BCUT2D eigenvalue weighted by Gasteiger charge is 2.31. The molecular weight excluding hydrogens is 337 g/mol. The lowest BCUT2D eigenvalue weighted by molar-refractivity contribution is -0.137. The summed E-state index contributed by atoms with van der Waals surface area (Å²) in [4.78, 5) is 13.4. The van der Waals surface area contributed by atoms with Crippen LogP contribution in [0.1, 0.15) is 19.4 Å². The molecule has 0 saturated heterocycles. The maximum Gasteiger partial charge on any atom is 0.416 e. The van der Waals surface area contributed by atoms with Crippen LogP contribution in [0.4, 0.5) is 18.9 Å². The summed E-state index contributed by atoms with van der Waals surface area (Å²) in [5, 5.41) is 2.73. The van der Waals surface area contributed by atoms with E-state index in [1.807, 2.05) is 13.8 Å². The van der Waals surface area contributed by atoms with Crippen LogP contribution < -0.4 is 5.32 Å². The van der Waals surface area contributed by atoms with Gasteiger partial charge in [-0.15, -0.1) is 0 Å². The molecule has 0 fully saturated rings. The SMILES string of the molecule is CCN(CC)C(=O)CNc1cc(Br)cc(C(F)(F)F)c1. The lowest BCUT2D eigenvalue weighted by Gasteiger charge is -2.19. The first-order valence-electron chi connectivity index (χ1n) is 6.17. The fourth-order valence-corrected chi connectivity index (χ4v) is 2.21. The molecule has 20 heavy (non-hydrogen) atoms. The molecule has 0 atom stereocenters. The van der Waals surface area contributed by atoms with Crippen LogP contribution in [-0.2, 0) is 11.0 Å². The number of anilines is 1. The Hall–Kier alpha value is -1.24. The van der Waals surface area contributed by atoms with Crippen molar-refractivity contribution < 1.29 is 18.0 Å². The summed E-state index contributed by atoms with van der Waals surface area (Å²) in [7, 11) is 0. The average molecular weight is 353 g/mol. The first kappa shape index (κ1) is 16.8. The molecule has 0 aliphatic heterocycles. The van der Waals surface area contributed by atoms with Gasteiger partial charge in [-0.05, 0) is 32.0 Å². The minimum Gasteiger partial charge on any atom is -0.376 e. The average Bonchev–Trinajstić information content (AvgIpc) is 2.36. The van der Waals surface area contributed by atoms with E-state index in [9.17, 15) is 18.0 Å². The van der Waals surface area contributed by atoms with Gasteiger partial charge in [0.15, 0.2) is 0 Å². The molecule has 3 nitrogen and oxygen atoms in total. The summed E-state index contributed by atoms with van der Waals surface area (Å²) in [6.45, 7) is 4.81. The lowest BCUT2D eigenvalue weighted by Crippen LogP contribution is -2.35. The Labute approximate surface area is 124 Å². The fourth-order valence-electron chi connectivity index (χ4n) is 1.72. The van der Waals surface area contributed by atoms with Crippen LogP contribution in [0, 0.1) is 0 Å². The van der Waals surface area contributed by atoms with Crippen molar-refractivity contribution >= 4 is 27.5 Å². The van der Waals surface area contributed by atoms with Crippen LogP contribution in [0.2, 0.25) is 0 Å². The van der Waals surface area contributed by atoms with Crippen molar-refractivity contribution in [3.05, 3.63) is 28.2 Å². The predicted octanol–water partition coefficient (Wildman–Crippen LogP) is 3.75. The normalized spacial score (nSPS) is 11.3. The third-order valence-electron chi connectivity index (χ3n) is 2.78. The van der Waals surface area contributed by atoms with Crippen molar-refractivity contribution in [3.8, 4) is 0 Å². The second-order valence-corrected chi connectivity index (χ2v) is 5.06. The van der Waals surface area contributed by atoms with Crippen molar-refractivity contribution in [2.75, 3.05) is 25.0 Å². The van der Waals surface area contributed by atoms with Gasteiger partial charge in [0.25, 0.3) is 0 Å². The van der Waals surface area contributed by atoms with Crippen molar-refractivity contribution in [1.82, 2.24) is 4.90 Å². The van der Waals surface area contributed by atoms with E-state index in [2.05, 4.69) is 21.2 Å². The topological polar surface area (TPSA) is 32.3 Å². The minimum atomic E-state index is -4.41. The highest BCUT2D eigenvalue weighted by molar-refractivity contribution is 9.10. The summed E-state index contributed by atoms with van der Waals surface area (Å²) in [5.74, 6) is -0.150. The van der Waals surface area contributed by atoms with E-state index in [4.69, 9.17) is 0 Å². The van der Waals surface area contributed by atoms with E-state index in [1.165, 1.54) is 6.07 Å². The van der Waals surface area contributed by atoms with Gasteiger partial charge in [-0.2, -0.15) is 13.2 Å². The smallest absolute Gasteiger partial charge is 0.376 e. The van der Waals surface area contributed by atoms with Gasteiger partial charge >= 0.3 is 6.18 Å². The maximum absolute atomic E-state index is 12.7. The quantitative estimate of drug-likeness (QED) is 0.875. The van der Waals surface area contributed by atoms with Crippen LogP contribution in [0.25, 0.3) is 0 Å². The molecule has 1 aromatic carbocycles. The minimum absolute atomic E-state index is 0.0323. The number of halogens is 4. The molecule has 0 heterocycles. The largest absolute Gasteiger partial charge is 0.416 e. The van der Waals surface area contributed by atoms with Gasteiger partial charge in [0.1, 0.15) is 0 Å². The zero-order valence-corrected chi connectivity index (χ0v) is 12.8. The number of hydrogen-bond acceptors (Lipinski definition) is 2. The Morgan fingerprint density at radius 2 is 1.85 bits per heavy atom. The van der Waals surface area contributed by atoms with E-state index in [-0.39, 0.29) is 18.1 Å². The number of benzene rings is 1. The molecule has 0 bridgehead atoms. The Morgan fingerprint density at radius 3 is 2.35 bits per heavy atom. The molecule has 1 aromatic rings. The van der Waals surface area contributed by atoms with Crippen LogP contribution in [0.15, 0.2) is 22.7 Å². The first-order chi connectivity index (χ1) is 9.27. The van der Waals surface area contributed by atoms with E-state index < -0.39 is 11.7 Å². The number of carbonyl (C=O) groups excluding carboxylic acids is 1. The van der Waals surface area contributed by atoms with Gasteiger partial charge in [0.2, 0.25) is 5.91 Å². The molecule has 0 radical (unpaired) electrons. The number of alkyl halides is 3. The van der Waals surface area contributed by atoms with Crippen molar-refractivity contribution in [2.24, 2.45) is 0 Å². The summed E-state index contributed by atoms with van der Waals surface area (Å²) in [5.41, 5.74) is -0.503. The molecule has 1 N–H and O–H groups in total. The lowest BCUT2D eigenvalue weighted by atomic mass is 10.2. The highest BCUT2D eigenvalue weighted by Crippen LogP contribution is 2.33. The number of carbonyl (C=O) groups is 1. The molecular formula is C13H16BrF3N2O. The molecule has 7 heteroatoms. The zero-order chi connectivity index (χ0) is 15.3. The molecule has 0 saturated carbocycles. The summed E-state index contributed by atoms with van der Waals surface area (Å²) < 4.78 is 38.3. The molecule has 0 unspecified atom stereocenters. The van der Waals surface area contributed by atoms with Crippen LogP contribution in [0.5, 0.6) is 0 Å². The van der Waals surface area contributed by atoms with Gasteiger partial charge in [0.05, 0.1) is 12.1 Å². The van der Waals surface area contributed by atoms with Gasteiger partial charge in [-0.25, -0.2) is 0 Å². The number of hydrogen-bond donors (Lipinski definition) is 1. The Balaban J connectivity index is 2.79. The molecule has 1 amide bonds. The summed E-state index contributed by atoms with van der Waals surface area (Å²) in [6.07, 6.45) is -4.41. The van der Waals surface area contributed by atoms with Gasteiger partial charge < -0.3 is 10.2 Å². The van der Waals surface area contributed by atoms with Crippen molar-refractivity contribution in [2.45, 2.75) is 20.0 Å². The van der Waals surface area contributed by atoms with Crippen LogP contribution >= 0.6 is 15.9 Å². The molecule has 0 spiro atoms.